The minimum Gasteiger partial charge on any atom is -0.464 e. The first kappa shape index (κ1) is 26.3. The Morgan fingerprint density at radius 2 is 1.52 bits per heavy atom. The van der Waals surface area contributed by atoms with Crippen LogP contribution in [0, 0.1) is 5.41 Å². The van der Waals surface area contributed by atoms with Crippen LogP contribution >= 0.6 is 8.58 Å². The summed E-state index contributed by atoms with van der Waals surface area (Å²) in [6.45, 7) is 18.0. The predicted octanol–water partition coefficient (Wildman–Crippen LogP) is 3.91. The topological polar surface area (TPSA) is 68.3 Å². The maximum absolute atomic E-state index is 12.1. The zero-order valence-electron chi connectivity index (χ0n) is 19.8. The molecule has 0 bridgehead atoms. The first-order valence-corrected chi connectivity index (χ1v) is 11.8. The fourth-order valence-corrected chi connectivity index (χ4v) is 4.49. The molecule has 0 aromatic heterocycles. The number of piperidine rings is 1. The lowest BCUT2D eigenvalue weighted by molar-refractivity contribution is -0.272. The van der Waals surface area contributed by atoms with Crippen molar-refractivity contribution < 1.29 is 23.9 Å². The van der Waals surface area contributed by atoms with E-state index in [1.54, 1.807) is 7.11 Å². The van der Waals surface area contributed by atoms with Crippen molar-refractivity contribution in [3.63, 3.8) is 0 Å². The SMILES string of the molecule is CON1C(C)(C)CC(N(CCOC(=O)PC)CCOC(=O)C(C)(C)C)CC1(C)C. The number of rotatable bonds is 9. The number of hydroxylamine groups is 2. The molecule has 1 aliphatic rings. The van der Waals surface area contributed by atoms with Crippen molar-refractivity contribution in [3.8, 4) is 0 Å². The van der Waals surface area contributed by atoms with E-state index in [-0.39, 0.29) is 37.4 Å². The molecular formula is C21H41N2O5P. The summed E-state index contributed by atoms with van der Waals surface area (Å²) < 4.78 is 10.8. The van der Waals surface area contributed by atoms with Crippen molar-refractivity contribution >= 4 is 20.3 Å². The molecule has 0 aromatic carbocycles. The summed E-state index contributed by atoms with van der Waals surface area (Å²) in [7, 11) is 1.86. The van der Waals surface area contributed by atoms with Gasteiger partial charge in [0, 0.05) is 30.2 Å². The number of hydrogen-bond donors (Lipinski definition) is 0. The Bertz CT molecular complexity index is 542. The minimum absolute atomic E-state index is 0.138. The van der Waals surface area contributed by atoms with Gasteiger partial charge in [-0.1, -0.05) is 0 Å². The molecule has 8 heteroatoms. The van der Waals surface area contributed by atoms with Crippen molar-refractivity contribution in [1.29, 1.82) is 0 Å². The number of ether oxygens (including phenoxy) is 2. The molecule has 0 aliphatic carbocycles. The van der Waals surface area contributed by atoms with Crippen molar-refractivity contribution in [2.45, 2.75) is 78.4 Å². The van der Waals surface area contributed by atoms with Crippen LogP contribution in [0.1, 0.15) is 61.3 Å². The molecule has 0 amide bonds. The minimum atomic E-state index is -0.518. The van der Waals surface area contributed by atoms with E-state index in [0.29, 0.717) is 26.3 Å². The van der Waals surface area contributed by atoms with E-state index < -0.39 is 5.41 Å². The first-order valence-electron chi connectivity index (χ1n) is 10.3. The van der Waals surface area contributed by atoms with Crippen LogP contribution in [-0.4, -0.2) is 78.8 Å². The average molecular weight is 433 g/mol. The normalized spacial score (nSPS) is 20.3. The van der Waals surface area contributed by atoms with Gasteiger partial charge in [-0.25, -0.2) is 4.79 Å². The molecule has 170 valence electrons. The van der Waals surface area contributed by atoms with Gasteiger partial charge in [0.05, 0.1) is 12.5 Å². The Labute approximate surface area is 178 Å². The van der Waals surface area contributed by atoms with Crippen LogP contribution in [0.3, 0.4) is 0 Å². The second-order valence-electron chi connectivity index (χ2n) is 9.97. The third-order valence-corrected chi connectivity index (χ3v) is 5.86. The van der Waals surface area contributed by atoms with Gasteiger partial charge in [-0.2, -0.15) is 5.06 Å². The number of nitrogens with zero attached hydrogens (tertiary/aromatic N) is 2. The Kier molecular flexibility index (Phi) is 9.53. The molecule has 1 rings (SSSR count). The van der Waals surface area contributed by atoms with Crippen LogP contribution in [0.25, 0.3) is 0 Å². The molecule has 0 spiro atoms. The van der Waals surface area contributed by atoms with E-state index >= 15 is 0 Å². The summed E-state index contributed by atoms with van der Waals surface area (Å²) in [6, 6.07) is 0.266. The second-order valence-corrected chi connectivity index (χ2v) is 10.9. The summed E-state index contributed by atoms with van der Waals surface area (Å²) in [5, 5.41) is 2.08. The van der Waals surface area contributed by atoms with E-state index in [1.165, 1.54) is 0 Å². The highest BCUT2D eigenvalue weighted by Crippen LogP contribution is 2.40. The van der Waals surface area contributed by atoms with Crippen LogP contribution in [-0.2, 0) is 19.1 Å². The van der Waals surface area contributed by atoms with E-state index in [1.807, 2.05) is 27.4 Å². The lowest BCUT2D eigenvalue weighted by Gasteiger charge is -2.55. The van der Waals surface area contributed by atoms with Gasteiger partial charge in [0.15, 0.2) is 0 Å². The van der Waals surface area contributed by atoms with Gasteiger partial charge in [-0.05, 0) is 76.6 Å². The largest absolute Gasteiger partial charge is 0.464 e. The lowest BCUT2D eigenvalue weighted by Crippen LogP contribution is -2.64. The van der Waals surface area contributed by atoms with Crippen molar-refractivity contribution in [2.75, 3.05) is 40.1 Å². The van der Waals surface area contributed by atoms with Crippen LogP contribution in [0.2, 0.25) is 0 Å². The third kappa shape index (κ3) is 7.78. The number of esters is 1. The molecule has 29 heavy (non-hydrogen) atoms. The fraction of sp³-hybridized carbons (Fsp3) is 0.905. The van der Waals surface area contributed by atoms with Crippen molar-refractivity contribution in [3.05, 3.63) is 0 Å². The molecule has 0 aromatic rings. The van der Waals surface area contributed by atoms with Gasteiger partial charge in [-0.3, -0.25) is 9.69 Å². The van der Waals surface area contributed by atoms with Crippen LogP contribution in [0.4, 0.5) is 4.79 Å². The summed E-state index contributed by atoms with van der Waals surface area (Å²) in [6.07, 6.45) is 1.81. The standard InChI is InChI=1S/C21H41N2O5P/c1-19(2,3)17(24)27-12-10-22(11-13-28-18(25)29-9)16-14-20(4,5)23(26-8)21(6,7)15-16/h16,29H,10-15H2,1-9H3. The lowest BCUT2D eigenvalue weighted by atomic mass is 9.78. The summed E-state index contributed by atoms with van der Waals surface area (Å²) >= 11 is 0. The number of carbonyl (C=O) groups is 2. The highest BCUT2D eigenvalue weighted by atomic mass is 31.1. The zero-order chi connectivity index (χ0) is 22.5. The Morgan fingerprint density at radius 3 is 1.93 bits per heavy atom. The smallest absolute Gasteiger partial charge is 0.322 e. The molecule has 1 unspecified atom stereocenters. The Balaban J connectivity index is 2.86. The highest BCUT2D eigenvalue weighted by molar-refractivity contribution is 7.56. The maximum Gasteiger partial charge on any atom is 0.322 e. The summed E-state index contributed by atoms with van der Waals surface area (Å²) in [5.41, 5.74) is -0.985. The molecule has 7 nitrogen and oxygen atoms in total. The summed E-state index contributed by atoms with van der Waals surface area (Å²) in [4.78, 5) is 31.7. The van der Waals surface area contributed by atoms with Crippen LogP contribution in [0.15, 0.2) is 0 Å². The number of carbonyl (C=O) groups excluding carboxylic acids is 2. The van der Waals surface area contributed by atoms with Gasteiger partial charge >= 0.3 is 11.7 Å². The zero-order valence-corrected chi connectivity index (χ0v) is 20.8. The predicted molar refractivity (Wildman–Crippen MR) is 118 cm³/mol. The molecule has 0 radical (unpaired) electrons. The number of hydrogen-bond acceptors (Lipinski definition) is 7. The molecule has 1 fully saturated rings. The molecular weight excluding hydrogens is 391 g/mol. The molecule has 1 saturated heterocycles. The molecule has 1 heterocycles. The van der Waals surface area contributed by atoms with Gasteiger partial charge in [-0.15, -0.1) is 0 Å². The van der Waals surface area contributed by atoms with E-state index in [0.717, 1.165) is 12.8 Å². The molecule has 1 aliphatic heterocycles. The molecule has 0 N–H and O–H groups in total. The van der Waals surface area contributed by atoms with Crippen molar-refractivity contribution in [2.24, 2.45) is 5.41 Å². The third-order valence-electron chi connectivity index (χ3n) is 5.31. The molecule has 0 saturated carbocycles. The maximum atomic E-state index is 12.1. The van der Waals surface area contributed by atoms with E-state index in [2.05, 4.69) is 37.7 Å². The second kappa shape index (κ2) is 10.5. The van der Waals surface area contributed by atoms with Crippen LogP contribution in [0.5, 0.6) is 0 Å². The van der Waals surface area contributed by atoms with E-state index in [4.69, 9.17) is 14.3 Å². The Morgan fingerprint density at radius 1 is 1.03 bits per heavy atom. The summed E-state index contributed by atoms with van der Waals surface area (Å²) in [5.74, 6) is -0.203. The highest BCUT2D eigenvalue weighted by Gasteiger charge is 2.47. The van der Waals surface area contributed by atoms with Gasteiger partial charge < -0.3 is 14.3 Å². The molecule has 1 atom stereocenters. The van der Waals surface area contributed by atoms with Crippen LogP contribution < -0.4 is 0 Å². The quantitative estimate of drug-likeness (QED) is 0.404. The monoisotopic (exact) mass is 432 g/mol. The van der Waals surface area contributed by atoms with Gasteiger partial charge in [0.25, 0.3) is 0 Å². The van der Waals surface area contributed by atoms with Gasteiger partial charge in [0.2, 0.25) is 0 Å². The van der Waals surface area contributed by atoms with Gasteiger partial charge in [0.1, 0.15) is 13.2 Å². The average Bonchev–Trinajstić information content (AvgIpc) is 2.57. The van der Waals surface area contributed by atoms with E-state index in [9.17, 15) is 9.59 Å². The Hall–Kier alpha value is -0.750. The fourth-order valence-electron chi connectivity index (χ4n) is 4.24. The first-order chi connectivity index (χ1) is 13.2. The van der Waals surface area contributed by atoms with Crippen molar-refractivity contribution in [1.82, 2.24) is 9.96 Å².